The number of para-hydroxylation sites is 1. The van der Waals surface area contributed by atoms with E-state index in [0.717, 1.165) is 35.9 Å². The highest BCUT2D eigenvalue weighted by Gasteiger charge is 2.22. The first kappa shape index (κ1) is 20.4. The fraction of sp³-hybridized carbons (Fsp3) is 0.318. The van der Waals surface area contributed by atoms with Crippen molar-refractivity contribution in [3.63, 3.8) is 0 Å². The molecule has 5 nitrogen and oxygen atoms in total. The predicted octanol–water partition coefficient (Wildman–Crippen LogP) is 4.58. The molecule has 0 aliphatic carbocycles. The largest absolute Gasteiger partial charge is 0.494 e. The number of rotatable bonds is 9. The second-order valence-corrected chi connectivity index (χ2v) is 7.26. The van der Waals surface area contributed by atoms with E-state index in [-0.39, 0.29) is 12.4 Å². The molecule has 2 aromatic rings. The molecule has 0 radical (unpaired) electrons. The number of hydrogen-bond donors (Lipinski definition) is 1. The summed E-state index contributed by atoms with van der Waals surface area (Å²) < 4.78 is 16.8. The molecule has 1 aliphatic rings. The summed E-state index contributed by atoms with van der Waals surface area (Å²) in [6.07, 6.45) is 6.07. The van der Waals surface area contributed by atoms with Crippen molar-refractivity contribution in [2.75, 3.05) is 18.5 Å². The van der Waals surface area contributed by atoms with E-state index in [1.54, 1.807) is 24.3 Å². The third-order valence-electron chi connectivity index (χ3n) is 4.27. The predicted molar refractivity (Wildman–Crippen MR) is 113 cm³/mol. The van der Waals surface area contributed by atoms with Crippen LogP contribution in [0.15, 0.2) is 48.5 Å². The number of ketones is 1. The fourth-order valence-corrected chi connectivity index (χ4v) is 3.20. The van der Waals surface area contributed by atoms with Crippen LogP contribution in [0.25, 0.3) is 6.08 Å². The van der Waals surface area contributed by atoms with Crippen molar-refractivity contribution >= 4 is 27.8 Å². The number of carbonyl (C=O) groups excluding carboxylic acids is 1. The molecule has 0 amide bonds. The third-order valence-corrected chi connectivity index (χ3v) is 4.83. The van der Waals surface area contributed by atoms with Crippen molar-refractivity contribution < 1.29 is 19.0 Å². The fourth-order valence-electron chi connectivity index (χ4n) is 2.80. The average Bonchev–Trinajstić information content (AvgIpc) is 2.72. The molecule has 1 heterocycles. The lowest BCUT2D eigenvalue weighted by molar-refractivity contribution is 0.0904. The Morgan fingerprint density at radius 1 is 1.18 bits per heavy atom. The second-order valence-electron chi connectivity index (χ2n) is 6.46. The molecule has 28 heavy (non-hydrogen) atoms. The van der Waals surface area contributed by atoms with Gasteiger partial charge in [0, 0.05) is 5.33 Å². The summed E-state index contributed by atoms with van der Waals surface area (Å²) >= 11 is 3.42. The van der Waals surface area contributed by atoms with Gasteiger partial charge in [-0.05, 0) is 55.2 Å². The van der Waals surface area contributed by atoms with E-state index in [2.05, 4.69) is 15.9 Å². The molecule has 2 aromatic carbocycles. The van der Waals surface area contributed by atoms with Crippen LogP contribution in [0.1, 0.15) is 35.2 Å². The lowest BCUT2D eigenvalue weighted by atomic mass is 10.1. The maximum absolute atomic E-state index is 12.6. The van der Waals surface area contributed by atoms with E-state index in [1.807, 2.05) is 24.3 Å². The molecule has 0 saturated heterocycles. The molecule has 1 atom stereocenters. The highest BCUT2D eigenvalue weighted by molar-refractivity contribution is 9.09. The van der Waals surface area contributed by atoms with Gasteiger partial charge in [0.1, 0.15) is 12.4 Å². The summed E-state index contributed by atoms with van der Waals surface area (Å²) in [7, 11) is 0. The van der Waals surface area contributed by atoms with E-state index in [0.29, 0.717) is 23.7 Å². The van der Waals surface area contributed by atoms with Gasteiger partial charge in [-0.3, -0.25) is 10.5 Å². The highest BCUT2D eigenvalue weighted by Crippen LogP contribution is 2.35. The highest BCUT2D eigenvalue weighted by atomic mass is 79.9. The van der Waals surface area contributed by atoms with Crippen molar-refractivity contribution in [2.45, 2.75) is 25.5 Å². The van der Waals surface area contributed by atoms with Gasteiger partial charge in [-0.1, -0.05) is 40.2 Å². The Bertz CT molecular complexity index is 820. The molecule has 148 valence electrons. The summed E-state index contributed by atoms with van der Waals surface area (Å²) in [6.45, 7) is 0.982. The lowest BCUT2D eigenvalue weighted by Crippen LogP contribution is -2.37. The number of benzene rings is 2. The lowest BCUT2D eigenvalue weighted by Gasteiger charge is -2.24. The summed E-state index contributed by atoms with van der Waals surface area (Å²) in [5.74, 6) is 1.61. The minimum absolute atomic E-state index is 0.165. The summed E-state index contributed by atoms with van der Waals surface area (Å²) in [4.78, 5) is 12.6. The average molecular weight is 446 g/mol. The number of halogens is 1. The van der Waals surface area contributed by atoms with Crippen LogP contribution in [-0.2, 0) is 0 Å². The van der Waals surface area contributed by atoms with Gasteiger partial charge in [0.2, 0.25) is 0 Å². The van der Waals surface area contributed by atoms with Gasteiger partial charge >= 0.3 is 0 Å². The van der Waals surface area contributed by atoms with Crippen molar-refractivity contribution in [2.24, 2.45) is 5.73 Å². The Morgan fingerprint density at radius 3 is 2.79 bits per heavy atom. The molecule has 2 N–H and O–H groups in total. The van der Waals surface area contributed by atoms with Gasteiger partial charge in [0.15, 0.2) is 23.5 Å². The van der Waals surface area contributed by atoms with E-state index in [4.69, 9.17) is 19.9 Å². The molecule has 0 saturated carbocycles. The number of unbranched alkanes of at least 4 members (excludes halogenated alkanes) is 2. The molecule has 0 bridgehead atoms. The van der Waals surface area contributed by atoms with E-state index in [1.165, 1.54) is 6.08 Å². The Labute approximate surface area is 173 Å². The Morgan fingerprint density at radius 2 is 2.00 bits per heavy atom. The van der Waals surface area contributed by atoms with Crippen molar-refractivity contribution in [1.82, 2.24) is 0 Å². The first-order valence-electron chi connectivity index (χ1n) is 9.36. The molecule has 1 aliphatic heterocycles. The third kappa shape index (κ3) is 5.59. The molecule has 0 fully saturated rings. The van der Waals surface area contributed by atoms with E-state index >= 15 is 0 Å². The van der Waals surface area contributed by atoms with Gasteiger partial charge in [0.25, 0.3) is 0 Å². The molecular weight excluding hydrogens is 422 g/mol. The molecule has 0 aromatic heterocycles. The Balaban J connectivity index is 1.59. The van der Waals surface area contributed by atoms with Gasteiger partial charge in [-0.15, -0.1) is 0 Å². The summed E-state index contributed by atoms with van der Waals surface area (Å²) in [5, 5.41) is 1.03. The normalized spacial score (nSPS) is 15.6. The maximum atomic E-state index is 12.6. The monoisotopic (exact) mass is 445 g/mol. The minimum Gasteiger partial charge on any atom is -0.494 e. The first-order chi connectivity index (χ1) is 13.7. The van der Waals surface area contributed by atoms with Crippen LogP contribution in [0.3, 0.4) is 0 Å². The van der Waals surface area contributed by atoms with Crippen molar-refractivity contribution in [3.05, 3.63) is 59.7 Å². The number of allylic oxidation sites excluding steroid dienone is 1. The quantitative estimate of drug-likeness (QED) is 0.264. The number of hydrogen-bond acceptors (Lipinski definition) is 5. The maximum Gasteiger partial charge on any atom is 0.189 e. The molecule has 0 spiro atoms. The van der Waals surface area contributed by atoms with Gasteiger partial charge in [-0.25, -0.2) is 0 Å². The smallest absolute Gasteiger partial charge is 0.189 e. The number of nitrogens with two attached hydrogens (primary N) is 1. The molecule has 3 rings (SSSR count). The molecule has 6 heteroatoms. The van der Waals surface area contributed by atoms with E-state index in [9.17, 15) is 4.79 Å². The van der Waals surface area contributed by atoms with Crippen LogP contribution in [0.5, 0.6) is 17.2 Å². The van der Waals surface area contributed by atoms with E-state index < -0.39 is 6.23 Å². The van der Waals surface area contributed by atoms with Crippen LogP contribution in [0, 0.1) is 0 Å². The Hall–Kier alpha value is -2.31. The number of alkyl halides is 1. The topological polar surface area (TPSA) is 70.8 Å². The summed E-state index contributed by atoms with van der Waals surface area (Å²) in [6, 6.07) is 12.9. The number of carbonyl (C=O) groups is 1. The van der Waals surface area contributed by atoms with Crippen LogP contribution in [-0.4, -0.2) is 30.6 Å². The van der Waals surface area contributed by atoms with Crippen LogP contribution in [0.4, 0.5) is 0 Å². The van der Waals surface area contributed by atoms with Crippen LogP contribution >= 0.6 is 15.9 Å². The standard InChI is InChI=1S/C22H24BrNO4/c23-13-2-1-3-14-26-17-10-7-16(8-11-17)9-12-19(25)18-5-4-6-20-22(18)28-21(24)15-27-20/h4-12,21H,1-3,13-15,24H2. The number of fused-ring (bicyclic) bond motifs is 1. The minimum atomic E-state index is -0.572. The van der Waals surface area contributed by atoms with Crippen LogP contribution in [0.2, 0.25) is 0 Å². The van der Waals surface area contributed by atoms with Crippen molar-refractivity contribution in [3.8, 4) is 17.2 Å². The van der Waals surface area contributed by atoms with Gasteiger partial charge in [0.05, 0.1) is 12.2 Å². The molecule has 1 unspecified atom stereocenters. The van der Waals surface area contributed by atoms with Gasteiger partial charge < -0.3 is 14.2 Å². The van der Waals surface area contributed by atoms with Crippen LogP contribution < -0.4 is 19.9 Å². The van der Waals surface area contributed by atoms with Gasteiger partial charge in [-0.2, -0.15) is 0 Å². The number of ether oxygens (including phenoxy) is 3. The SMILES string of the molecule is NC1COc2cccc(C(=O)C=Cc3ccc(OCCCCCBr)cc3)c2O1. The Kier molecular flexibility index (Phi) is 7.51. The zero-order chi connectivity index (χ0) is 19.8. The zero-order valence-electron chi connectivity index (χ0n) is 15.6. The first-order valence-corrected chi connectivity index (χ1v) is 10.5. The second kappa shape index (κ2) is 10.3. The molecular formula is C22H24BrNO4. The zero-order valence-corrected chi connectivity index (χ0v) is 17.2. The van der Waals surface area contributed by atoms with Crippen molar-refractivity contribution in [1.29, 1.82) is 0 Å². The summed E-state index contributed by atoms with van der Waals surface area (Å²) in [5.41, 5.74) is 7.12.